The number of nitrogens with zero attached hydrogens (tertiary/aromatic N) is 2. The molecule has 0 saturated carbocycles. The van der Waals surface area contributed by atoms with Gasteiger partial charge in [0, 0.05) is 43.9 Å². The Morgan fingerprint density at radius 1 is 1.00 bits per heavy atom. The lowest BCUT2D eigenvalue weighted by atomic mass is 10.1. The highest BCUT2D eigenvalue weighted by molar-refractivity contribution is 5.94. The van der Waals surface area contributed by atoms with Gasteiger partial charge < -0.3 is 19.7 Å². The van der Waals surface area contributed by atoms with Crippen LogP contribution in [0.1, 0.15) is 41.3 Å². The number of carbonyl (C=O) groups is 3. The first-order chi connectivity index (χ1) is 16.8. The van der Waals surface area contributed by atoms with Crippen LogP contribution in [0.5, 0.6) is 11.5 Å². The van der Waals surface area contributed by atoms with Gasteiger partial charge in [-0.2, -0.15) is 0 Å². The van der Waals surface area contributed by atoms with E-state index in [1.807, 2.05) is 36.9 Å². The largest absolute Gasteiger partial charge is 0.493 e. The molecule has 0 unspecified atom stereocenters. The summed E-state index contributed by atoms with van der Waals surface area (Å²) < 4.78 is 11.1. The number of amides is 2. The van der Waals surface area contributed by atoms with Crippen LogP contribution in [0, 0.1) is 13.8 Å². The van der Waals surface area contributed by atoms with Gasteiger partial charge in [-0.05, 0) is 62.6 Å². The maximum absolute atomic E-state index is 12.6. The van der Waals surface area contributed by atoms with Gasteiger partial charge in [0.15, 0.2) is 17.3 Å². The van der Waals surface area contributed by atoms with E-state index in [9.17, 15) is 14.4 Å². The van der Waals surface area contributed by atoms with Crippen LogP contribution in [0.2, 0.25) is 0 Å². The highest BCUT2D eigenvalue weighted by atomic mass is 16.5. The molecule has 0 atom stereocenters. The summed E-state index contributed by atoms with van der Waals surface area (Å²) in [7, 11) is 1.53. The molecule has 1 aliphatic rings. The Bertz CT molecular complexity index is 1060. The zero-order valence-corrected chi connectivity index (χ0v) is 21.1. The van der Waals surface area contributed by atoms with Crippen LogP contribution in [0.4, 0.5) is 5.69 Å². The number of hydrogen-bond acceptors (Lipinski definition) is 6. The smallest absolute Gasteiger partial charge is 0.238 e. The summed E-state index contributed by atoms with van der Waals surface area (Å²) in [4.78, 5) is 40.5. The van der Waals surface area contributed by atoms with E-state index in [0.717, 1.165) is 16.8 Å². The molecule has 3 rings (SSSR count). The quantitative estimate of drug-likeness (QED) is 0.413. The van der Waals surface area contributed by atoms with Gasteiger partial charge in [-0.1, -0.05) is 12.1 Å². The summed E-state index contributed by atoms with van der Waals surface area (Å²) in [6.07, 6.45) is 0.968. The minimum Gasteiger partial charge on any atom is -0.493 e. The minimum absolute atomic E-state index is 0.0393. The number of ether oxygens (including phenoxy) is 2. The van der Waals surface area contributed by atoms with Crippen molar-refractivity contribution in [1.29, 1.82) is 0 Å². The lowest BCUT2D eigenvalue weighted by molar-refractivity contribution is -0.133. The molecule has 0 bridgehead atoms. The molecule has 0 aliphatic carbocycles. The monoisotopic (exact) mass is 481 g/mol. The van der Waals surface area contributed by atoms with Gasteiger partial charge in [0.05, 0.1) is 20.3 Å². The van der Waals surface area contributed by atoms with Crippen molar-refractivity contribution in [3.05, 3.63) is 53.1 Å². The van der Waals surface area contributed by atoms with Crippen molar-refractivity contribution >= 4 is 23.3 Å². The van der Waals surface area contributed by atoms with Gasteiger partial charge in [0.1, 0.15) is 0 Å². The van der Waals surface area contributed by atoms with Crippen molar-refractivity contribution in [3.63, 3.8) is 0 Å². The van der Waals surface area contributed by atoms with Crippen LogP contribution in [0.15, 0.2) is 36.4 Å². The molecule has 1 aliphatic heterocycles. The van der Waals surface area contributed by atoms with Gasteiger partial charge >= 0.3 is 0 Å². The lowest BCUT2D eigenvalue weighted by Gasteiger charge is -2.34. The first-order valence-corrected chi connectivity index (χ1v) is 12.0. The minimum atomic E-state index is -0.0395. The number of piperazine rings is 1. The molecule has 2 amide bonds. The molecule has 8 heteroatoms. The van der Waals surface area contributed by atoms with E-state index in [1.165, 1.54) is 14.0 Å². The van der Waals surface area contributed by atoms with Crippen molar-refractivity contribution in [1.82, 2.24) is 9.80 Å². The first kappa shape index (κ1) is 26.2. The summed E-state index contributed by atoms with van der Waals surface area (Å²) in [6, 6.07) is 11.0. The number of anilines is 1. The van der Waals surface area contributed by atoms with Crippen LogP contribution >= 0.6 is 0 Å². The fourth-order valence-corrected chi connectivity index (χ4v) is 4.00. The third kappa shape index (κ3) is 7.29. The molecule has 0 radical (unpaired) electrons. The highest BCUT2D eigenvalue weighted by Gasteiger charge is 2.22. The summed E-state index contributed by atoms with van der Waals surface area (Å²) in [6.45, 7) is 8.77. The standard InChI is InChI=1S/C27H35N3O5/c1-19-7-5-8-23(20(19)2)28-26(32)18-29-12-14-30(15-13-29)27(33)9-6-16-35-24-11-10-22(21(3)31)17-25(24)34-4/h5,7-8,10-11,17H,6,9,12-16,18H2,1-4H3,(H,28,32). The average molecular weight is 482 g/mol. The molecule has 2 aromatic carbocycles. The van der Waals surface area contributed by atoms with Crippen LogP contribution in [-0.2, 0) is 9.59 Å². The summed E-state index contributed by atoms with van der Waals surface area (Å²) in [5.41, 5.74) is 3.63. The molecule has 8 nitrogen and oxygen atoms in total. The van der Waals surface area contributed by atoms with E-state index in [2.05, 4.69) is 10.2 Å². The molecule has 1 heterocycles. The maximum Gasteiger partial charge on any atom is 0.238 e. The molecular formula is C27H35N3O5. The summed E-state index contributed by atoms with van der Waals surface area (Å²) >= 11 is 0. The second-order valence-corrected chi connectivity index (χ2v) is 8.83. The number of benzene rings is 2. The Kier molecular flexibility index (Phi) is 9.25. The van der Waals surface area contributed by atoms with Crippen LogP contribution in [0.25, 0.3) is 0 Å². The number of carbonyl (C=O) groups excluding carboxylic acids is 3. The van der Waals surface area contributed by atoms with Gasteiger partial charge in [-0.15, -0.1) is 0 Å². The number of aryl methyl sites for hydroxylation is 1. The van der Waals surface area contributed by atoms with E-state index in [-0.39, 0.29) is 17.6 Å². The molecule has 0 spiro atoms. The Labute approximate surface area is 207 Å². The predicted octanol–water partition coefficient (Wildman–Crippen LogP) is 3.46. The van der Waals surface area contributed by atoms with E-state index in [4.69, 9.17) is 9.47 Å². The lowest BCUT2D eigenvalue weighted by Crippen LogP contribution is -2.50. The Morgan fingerprint density at radius 3 is 2.43 bits per heavy atom. The van der Waals surface area contributed by atoms with Gasteiger partial charge in [0.25, 0.3) is 0 Å². The zero-order chi connectivity index (χ0) is 25.4. The number of ketones is 1. The number of hydrogen-bond donors (Lipinski definition) is 1. The number of rotatable bonds is 10. The average Bonchev–Trinajstić information content (AvgIpc) is 2.84. The fraction of sp³-hybridized carbons (Fsp3) is 0.444. The van der Waals surface area contributed by atoms with Crippen molar-refractivity contribution in [2.45, 2.75) is 33.6 Å². The van der Waals surface area contributed by atoms with Crippen LogP contribution < -0.4 is 14.8 Å². The van der Waals surface area contributed by atoms with Gasteiger partial charge in [-0.25, -0.2) is 0 Å². The second kappa shape index (κ2) is 12.4. The van der Waals surface area contributed by atoms with Gasteiger partial charge in [0.2, 0.25) is 11.8 Å². The molecular weight excluding hydrogens is 446 g/mol. The predicted molar refractivity (Wildman–Crippen MR) is 135 cm³/mol. The van der Waals surface area contributed by atoms with Crippen molar-refractivity contribution in [2.75, 3.05) is 51.8 Å². The number of Topliss-reactive ketones (excluding diaryl/α,β-unsaturated/α-hetero) is 1. The van der Waals surface area contributed by atoms with E-state index in [1.54, 1.807) is 18.2 Å². The van der Waals surface area contributed by atoms with E-state index in [0.29, 0.717) is 69.2 Å². The van der Waals surface area contributed by atoms with Crippen molar-refractivity contribution in [3.8, 4) is 11.5 Å². The molecule has 1 N–H and O–H groups in total. The SMILES string of the molecule is COc1cc(C(C)=O)ccc1OCCCC(=O)N1CCN(CC(=O)Nc2cccc(C)c2C)CC1. The fourth-order valence-electron chi connectivity index (χ4n) is 4.00. The Morgan fingerprint density at radius 2 is 1.74 bits per heavy atom. The van der Waals surface area contributed by atoms with Crippen molar-refractivity contribution in [2.24, 2.45) is 0 Å². The van der Waals surface area contributed by atoms with Gasteiger partial charge in [-0.3, -0.25) is 19.3 Å². The number of nitrogens with one attached hydrogen (secondary N) is 1. The van der Waals surface area contributed by atoms with Crippen LogP contribution in [-0.4, -0.2) is 73.8 Å². The Balaban J connectivity index is 1.37. The Hall–Kier alpha value is -3.39. The normalized spacial score (nSPS) is 13.9. The maximum atomic E-state index is 12.6. The molecule has 1 fully saturated rings. The first-order valence-electron chi connectivity index (χ1n) is 12.0. The summed E-state index contributed by atoms with van der Waals surface area (Å²) in [5.74, 6) is 1.07. The third-order valence-corrected chi connectivity index (χ3v) is 6.33. The second-order valence-electron chi connectivity index (χ2n) is 8.83. The zero-order valence-electron chi connectivity index (χ0n) is 21.1. The van der Waals surface area contributed by atoms with Crippen LogP contribution in [0.3, 0.4) is 0 Å². The highest BCUT2D eigenvalue weighted by Crippen LogP contribution is 2.28. The topological polar surface area (TPSA) is 88.2 Å². The van der Waals surface area contributed by atoms with E-state index < -0.39 is 0 Å². The molecule has 35 heavy (non-hydrogen) atoms. The van der Waals surface area contributed by atoms with E-state index >= 15 is 0 Å². The molecule has 2 aromatic rings. The number of methoxy groups -OCH3 is 1. The molecule has 0 aromatic heterocycles. The molecule has 1 saturated heterocycles. The molecule has 188 valence electrons. The third-order valence-electron chi connectivity index (χ3n) is 6.33. The van der Waals surface area contributed by atoms with Crippen molar-refractivity contribution < 1.29 is 23.9 Å². The summed E-state index contributed by atoms with van der Waals surface area (Å²) in [5, 5.41) is 3.00.